The SMILES string of the molecule is CCc1cccc(C)c1NC(=O)c1ccc(C(=O)N2CCCC2)cc1. The monoisotopic (exact) mass is 336 g/mol. The van der Waals surface area contributed by atoms with Gasteiger partial charge in [0.2, 0.25) is 0 Å². The summed E-state index contributed by atoms with van der Waals surface area (Å²) in [6.07, 6.45) is 3.01. The minimum atomic E-state index is -0.149. The number of aryl methyl sites for hydroxylation is 2. The second-order valence-electron chi connectivity index (χ2n) is 6.49. The third-order valence-corrected chi connectivity index (χ3v) is 4.77. The molecule has 25 heavy (non-hydrogen) atoms. The molecule has 0 atom stereocenters. The van der Waals surface area contributed by atoms with Gasteiger partial charge >= 0.3 is 0 Å². The molecule has 0 bridgehead atoms. The number of nitrogens with zero attached hydrogens (tertiary/aromatic N) is 1. The molecule has 0 spiro atoms. The van der Waals surface area contributed by atoms with Gasteiger partial charge in [0.15, 0.2) is 0 Å². The fraction of sp³-hybridized carbons (Fsp3) is 0.333. The van der Waals surface area contributed by atoms with Crippen LogP contribution in [0.1, 0.15) is 51.6 Å². The summed E-state index contributed by atoms with van der Waals surface area (Å²) in [5.41, 5.74) is 4.25. The molecule has 0 unspecified atom stereocenters. The molecule has 1 aliphatic heterocycles. The van der Waals surface area contributed by atoms with Crippen molar-refractivity contribution in [1.29, 1.82) is 0 Å². The summed E-state index contributed by atoms with van der Waals surface area (Å²) >= 11 is 0. The van der Waals surface area contributed by atoms with Crippen molar-refractivity contribution in [1.82, 2.24) is 4.90 Å². The third-order valence-electron chi connectivity index (χ3n) is 4.77. The van der Waals surface area contributed by atoms with Gasteiger partial charge in [-0.15, -0.1) is 0 Å². The average Bonchev–Trinajstić information content (AvgIpc) is 3.17. The maximum absolute atomic E-state index is 12.6. The number of benzene rings is 2. The van der Waals surface area contributed by atoms with Crippen molar-refractivity contribution in [2.24, 2.45) is 0 Å². The Morgan fingerprint density at radius 1 is 1.00 bits per heavy atom. The highest BCUT2D eigenvalue weighted by atomic mass is 16.2. The Labute approximate surface area is 148 Å². The Hall–Kier alpha value is -2.62. The lowest BCUT2D eigenvalue weighted by Crippen LogP contribution is -2.27. The molecule has 3 rings (SSSR count). The fourth-order valence-corrected chi connectivity index (χ4v) is 3.25. The first kappa shape index (κ1) is 17.2. The van der Waals surface area contributed by atoms with Crippen LogP contribution in [-0.4, -0.2) is 29.8 Å². The Bertz CT molecular complexity index is 775. The molecule has 0 aliphatic carbocycles. The maximum Gasteiger partial charge on any atom is 0.255 e. The van der Waals surface area contributed by atoms with Crippen LogP contribution in [0.4, 0.5) is 5.69 Å². The van der Waals surface area contributed by atoms with E-state index in [4.69, 9.17) is 0 Å². The second kappa shape index (κ2) is 7.51. The first-order chi connectivity index (χ1) is 12.1. The Morgan fingerprint density at radius 3 is 2.28 bits per heavy atom. The summed E-state index contributed by atoms with van der Waals surface area (Å²) in [6.45, 7) is 5.72. The molecule has 1 aliphatic rings. The molecule has 1 heterocycles. The van der Waals surface area contributed by atoms with Crippen LogP contribution in [0.2, 0.25) is 0 Å². The molecule has 0 aromatic heterocycles. The van der Waals surface area contributed by atoms with Gasteiger partial charge < -0.3 is 10.2 Å². The normalized spacial score (nSPS) is 13.8. The fourth-order valence-electron chi connectivity index (χ4n) is 3.25. The third kappa shape index (κ3) is 3.73. The van der Waals surface area contributed by atoms with E-state index in [2.05, 4.69) is 12.2 Å². The maximum atomic E-state index is 12.6. The van der Waals surface area contributed by atoms with E-state index in [-0.39, 0.29) is 11.8 Å². The number of hydrogen-bond acceptors (Lipinski definition) is 2. The zero-order chi connectivity index (χ0) is 17.8. The number of anilines is 1. The molecule has 4 heteroatoms. The summed E-state index contributed by atoms with van der Waals surface area (Å²) in [7, 11) is 0. The van der Waals surface area contributed by atoms with E-state index in [1.54, 1.807) is 24.3 Å². The highest BCUT2D eigenvalue weighted by Crippen LogP contribution is 2.22. The molecule has 0 saturated carbocycles. The number of nitrogens with one attached hydrogen (secondary N) is 1. The van der Waals surface area contributed by atoms with E-state index >= 15 is 0 Å². The van der Waals surface area contributed by atoms with Gasteiger partial charge in [-0.2, -0.15) is 0 Å². The summed E-state index contributed by atoms with van der Waals surface area (Å²) in [5, 5.41) is 3.02. The highest BCUT2D eigenvalue weighted by Gasteiger charge is 2.19. The van der Waals surface area contributed by atoms with E-state index in [1.165, 1.54) is 0 Å². The van der Waals surface area contributed by atoms with Crippen molar-refractivity contribution in [3.8, 4) is 0 Å². The van der Waals surface area contributed by atoms with Crippen molar-refractivity contribution in [3.63, 3.8) is 0 Å². The van der Waals surface area contributed by atoms with E-state index in [1.807, 2.05) is 30.0 Å². The van der Waals surface area contributed by atoms with Crippen molar-refractivity contribution < 1.29 is 9.59 Å². The van der Waals surface area contributed by atoms with Crippen LogP contribution in [-0.2, 0) is 6.42 Å². The van der Waals surface area contributed by atoms with Crippen LogP contribution in [0.5, 0.6) is 0 Å². The highest BCUT2D eigenvalue weighted by molar-refractivity contribution is 6.05. The lowest BCUT2D eigenvalue weighted by molar-refractivity contribution is 0.0792. The van der Waals surface area contributed by atoms with Crippen LogP contribution in [0.25, 0.3) is 0 Å². The molecule has 1 saturated heterocycles. The lowest BCUT2D eigenvalue weighted by atomic mass is 10.0. The summed E-state index contributed by atoms with van der Waals surface area (Å²) in [5.74, 6) is -0.0965. The number of amides is 2. The standard InChI is InChI=1S/C21H24N2O2/c1-3-16-8-6-7-15(2)19(16)22-20(24)17-9-11-18(12-10-17)21(25)23-13-4-5-14-23/h6-12H,3-5,13-14H2,1-2H3,(H,22,24). The number of para-hydroxylation sites is 1. The van der Waals surface area contributed by atoms with Gasteiger partial charge in [-0.3, -0.25) is 9.59 Å². The molecular formula is C21H24N2O2. The zero-order valence-electron chi connectivity index (χ0n) is 14.8. The number of likely N-dealkylation sites (tertiary alicyclic amines) is 1. The van der Waals surface area contributed by atoms with Crippen molar-refractivity contribution in [3.05, 3.63) is 64.7 Å². The van der Waals surface area contributed by atoms with E-state index in [0.29, 0.717) is 11.1 Å². The van der Waals surface area contributed by atoms with Crippen LogP contribution >= 0.6 is 0 Å². The molecule has 130 valence electrons. The summed E-state index contributed by atoms with van der Waals surface area (Å²) in [4.78, 5) is 26.8. The largest absolute Gasteiger partial charge is 0.339 e. The van der Waals surface area contributed by atoms with Gasteiger partial charge in [0, 0.05) is 29.9 Å². The lowest BCUT2D eigenvalue weighted by Gasteiger charge is -2.15. The van der Waals surface area contributed by atoms with Crippen LogP contribution in [0.3, 0.4) is 0 Å². The van der Waals surface area contributed by atoms with Crippen molar-refractivity contribution in [2.75, 3.05) is 18.4 Å². The van der Waals surface area contributed by atoms with Crippen LogP contribution < -0.4 is 5.32 Å². The van der Waals surface area contributed by atoms with Gasteiger partial charge in [-0.05, 0) is 61.6 Å². The van der Waals surface area contributed by atoms with Gasteiger partial charge in [-0.1, -0.05) is 25.1 Å². The number of hydrogen-bond donors (Lipinski definition) is 1. The van der Waals surface area contributed by atoms with Gasteiger partial charge in [0.1, 0.15) is 0 Å². The Kier molecular flexibility index (Phi) is 5.17. The molecule has 1 N–H and O–H groups in total. The second-order valence-corrected chi connectivity index (χ2v) is 6.49. The molecule has 1 fully saturated rings. The predicted molar refractivity (Wildman–Crippen MR) is 100 cm³/mol. The van der Waals surface area contributed by atoms with Gasteiger partial charge in [-0.25, -0.2) is 0 Å². The van der Waals surface area contributed by atoms with E-state index < -0.39 is 0 Å². The van der Waals surface area contributed by atoms with Gasteiger partial charge in [0.05, 0.1) is 0 Å². The first-order valence-corrected chi connectivity index (χ1v) is 8.89. The van der Waals surface area contributed by atoms with Crippen LogP contribution in [0, 0.1) is 6.92 Å². The summed E-state index contributed by atoms with van der Waals surface area (Å²) in [6, 6.07) is 13.0. The van der Waals surface area contributed by atoms with E-state index in [0.717, 1.165) is 49.2 Å². The van der Waals surface area contributed by atoms with Crippen molar-refractivity contribution in [2.45, 2.75) is 33.1 Å². The smallest absolute Gasteiger partial charge is 0.255 e. The predicted octanol–water partition coefficient (Wildman–Crippen LogP) is 4.05. The molecule has 0 radical (unpaired) electrons. The van der Waals surface area contributed by atoms with Crippen LogP contribution in [0.15, 0.2) is 42.5 Å². The average molecular weight is 336 g/mol. The molecule has 2 amide bonds. The number of carbonyl (C=O) groups excluding carboxylic acids is 2. The Morgan fingerprint density at radius 2 is 1.64 bits per heavy atom. The first-order valence-electron chi connectivity index (χ1n) is 8.89. The minimum Gasteiger partial charge on any atom is -0.339 e. The molecule has 2 aromatic rings. The molecular weight excluding hydrogens is 312 g/mol. The topological polar surface area (TPSA) is 49.4 Å². The number of rotatable bonds is 4. The summed E-state index contributed by atoms with van der Waals surface area (Å²) < 4.78 is 0. The quantitative estimate of drug-likeness (QED) is 0.916. The molecule has 2 aromatic carbocycles. The van der Waals surface area contributed by atoms with E-state index in [9.17, 15) is 9.59 Å². The number of carbonyl (C=O) groups is 2. The minimum absolute atomic E-state index is 0.0524. The molecule has 4 nitrogen and oxygen atoms in total. The zero-order valence-corrected chi connectivity index (χ0v) is 14.8. The van der Waals surface area contributed by atoms with Crippen molar-refractivity contribution >= 4 is 17.5 Å². The Balaban J connectivity index is 1.74. The van der Waals surface area contributed by atoms with Gasteiger partial charge in [0.25, 0.3) is 11.8 Å².